The van der Waals surface area contributed by atoms with Gasteiger partial charge < -0.3 is 38.7 Å². The molecule has 2 N–H and O–H groups in total. The van der Waals surface area contributed by atoms with E-state index in [1.165, 1.54) is 0 Å². The van der Waals surface area contributed by atoms with Crippen molar-refractivity contribution in [1.82, 2.24) is 38.7 Å². The van der Waals surface area contributed by atoms with Gasteiger partial charge in [0.25, 0.3) is 0 Å². The summed E-state index contributed by atoms with van der Waals surface area (Å²) in [7, 11) is 0. The van der Waals surface area contributed by atoms with Crippen LogP contribution in [-0.4, -0.2) is 139 Å². The molecule has 0 radical (unpaired) electrons. The molecule has 0 aliphatic rings. The lowest BCUT2D eigenvalue weighted by molar-refractivity contribution is 0.0973. The molecule has 0 amide bonds. The van der Waals surface area contributed by atoms with E-state index in [1.54, 1.807) is 27.7 Å². The van der Waals surface area contributed by atoms with Crippen LogP contribution in [0.5, 0.6) is 0 Å². The third-order valence-corrected chi connectivity index (χ3v) is 20.9. The molecule has 0 bridgehead atoms. The summed E-state index contributed by atoms with van der Waals surface area (Å²) in [5.74, 6) is 0.853. The molecule has 0 saturated heterocycles. The minimum atomic E-state index is 0. The third kappa shape index (κ3) is 19.9. The smallest absolute Gasteiger partial charge is 0.162 e. The van der Waals surface area contributed by atoms with E-state index in [4.69, 9.17) is 0 Å². The van der Waals surface area contributed by atoms with E-state index in [-0.39, 0.29) is 58.7 Å². The second-order valence-corrected chi connectivity index (χ2v) is 28.5. The van der Waals surface area contributed by atoms with E-state index < -0.39 is 0 Å². The molecule has 4 heterocycles. The molecular weight excluding hydrogens is 1380 g/mol. The Labute approximate surface area is 649 Å². The largest absolute Gasteiger partial charge is 0.339 e. The summed E-state index contributed by atoms with van der Waals surface area (Å²) in [5.41, 5.74) is 14.7. The predicted octanol–water partition coefficient (Wildman–Crippen LogP) is 20.2. The number of hydrogen-bond donors (Lipinski definition) is 2. The van der Waals surface area contributed by atoms with E-state index in [0.29, 0.717) is 54.0 Å². The zero-order valence-corrected chi connectivity index (χ0v) is 67.7. The Kier molecular flexibility index (Phi) is 31.0. The maximum atomic E-state index is 12.5. The van der Waals surface area contributed by atoms with Gasteiger partial charge in [-0.3, -0.25) is 38.4 Å². The van der Waals surface area contributed by atoms with Gasteiger partial charge in [0.05, 0.1) is 0 Å². The number of Topliss-reactive ketones (excluding diaryl/α,β-unsaturated/α-hetero) is 8. The molecule has 109 heavy (non-hydrogen) atoms. The van der Waals surface area contributed by atoms with Gasteiger partial charge in [0.1, 0.15) is 0 Å². The molecule has 0 saturated carbocycles. The van der Waals surface area contributed by atoms with Crippen molar-refractivity contribution < 1.29 is 38.4 Å². The van der Waals surface area contributed by atoms with E-state index in [0.717, 1.165) is 214 Å². The molecular formula is C92H113ClN8O8. The second-order valence-electron chi connectivity index (χ2n) is 28.5. The molecule has 0 atom stereocenters. The van der Waals surface area contributed by atoms with Gasteiger partial charge in [0.15, 0.2) is 46.3 Å². The van der Waals surface area contributed by atoms with Crippen LogP contribution in [0.15, 0.2) is 146 Å². The Morgan fingerprint density at radius 3 is 0.780 bits per heavy atom. The van der Waals surface area contributed by atoms with Crippen LogP contribution in [0.1, 0.15) is 232 Å². The van der Waals surface area contributed by atoms with E-state index >= 15 is 0 Å². The van der Waals surface area contributed by atoms with Crippen molar-refractivity contribution in [3.8, 4) is 0 Å². The van der Waals surface area contributed by atoms with Crippen molar-refractivity contribution in [3.63, 3.8) is 0 Å². The number of carbonyl (C=O) groups excluding carboxylic acids is 8. The number of likely N-dealkylation sites (N-methyl/N-ethyl adjacent to an activating group) is 2. The first-order valence-corrected chi connectivity index (χ1v) is 39.3. The second kappa shape index (κ2) is 39.7. The monoisotopic (exact) mass is 1490 g/mol. The molecule has 0 unspecified atom stereocenters. The summed E-state index contributed by atoms with van der Waals surface area (Å²) < 4.78 is 9.18. The number of nitrogens with zero attached hydrogens (tertiary/aromatic N) is 6. The van der Waals surface area contributed by atoms with Gasteiger partial charge in [0.2, 0.25) is 0 Å². The lowest BCUT2D eigenvalue weighted by atomic mass is 10.0. The summed E-state index contributed by atoms with van der Waals surface area (Å²) in [6.07, 6.45) is 4.91. The molecule has 0 spiro atoms. The predicted molar refractivity (Wildman–Crippen MR) is 455 cm³/mol. The van der Waals surface area contributed by atoms with Crippen molar-refractivity contribution in [2.24, 2.45) is 0 Å². The molecule has 12 aromatic rings. The van der Waals surface area contributed by atoms with Crippen LogP contribution in [0.2, 0.25) is 0 Å². The van der Waals surface area contributed by atoms with Crippen LogP contribution in [0.25, 0.3) is 87.2 Å². The quantitative estimate of drug-likeness (QED) is 0.0293. The van der Waals surface area contributed by atoms with Gasteiger partial charge in [-0.05, 0) is 225 Å². The van der Waals surface area contributed by atoms with Crippen LogP contribution in [-0.2, 0) is 26.2 Å². The highest BCUT2D eigenvalue weighted by Crippen LogP contribution is 2.36. The fourth-order valence-electron chi connectivity index (χ4n) is 14.6. The molecule has 17 heteroatoms. The number of aromatic nitrogens is 4. The Bertz CT molecular complexity index is 5000. The average molecular weight is 1490 g/mol. The van der Waals surface area contributed by atoms with Gasteiger partial charge in [0, 0.05) is 216 Å². The first kappa shape index (κ1) is 85.1. The minimum absolute atomic E-state index is 0. The van der Waals surface area contributed by atoms with Crippen molar-refractivity contribution in [2.45, 2.75) is 181 Å². The van der Waals surface area contributed by atoms with Crippen molar-refractivity contribution >= 4 is 146 Å². The molecule has 8 aromatic carbocycles. The summed E-state index contributed by atoms with van der Waals surface area (Å²) in [6.45, 7) is 41.5. The molecule has 4 aromatic heterocycles. The Hall–Kier alpha value is -9.55. The van der Waals surface area contributed by atoms with Crippen LogP contribution >= 0.6 is 12.4 Å². The molecule has 576 valence electrons. The number of hydrogen-bond acceptors (Lipinski definition) is 12. The SMILES string of the molecule is CC(=O)c1ccc2c(c1)c1cc(C(C)=O)ccc1n2CCNC(C)C.CCC(=O)c1ccc2c(c1)c1cc(C(=O)CC)ccc1n2CCN(CC)CC.CCCC(=O)c1ccc2c(c1)c1cc(C(=O)CCC)ccc1n2CCN(CC)CC.CCCNCCn1c2ccc(C(C)=O)cc2c2cc(C(C)=O)ccc21.Cl. The highest BCUT2D eigenvalue weighted by atomic mass is 35.5. The highest BCUT2D eigenvalue weighted by molar-refractivity contribution is 6.17. The summed E-state index contributed by atoms with van der Waals surface area (Å²) >= 11 is 0. The van der Waals surface area contributed by atoms with Gasteiger partial charge >= 0.3 is 0 Å². The number of rotatable bonds is 33. The maximum Gasteiger partial charge on any atom is 0.162 e. The van der Waals surface area contributed by atoms with Crippen molar-refractivity contribution in [3.05, 3.63) is 190 Å². The summed E-state index contributed by atoms with van der Waals surface area (Å²) in [6, 6.07) is 47.8. The Morgan fingerprint density at radius 1 is 0.312 bits per heavy atom. The summed E-state index contributed by atoms with van der Waals surface area (Å²) in [5, 5.41) is 15.2. The van der Waals surface area contributed by atoms with Gasteiger partial charge in [-0.15, -0.1) is 12.4 Å². The van der Waals surface area contributed by atoms with Crippen LogP contribution < -0.4 is 10.6 Å². The maximum absolute atomic E-state index is 12.5. The average Bonchev–Trinajstić information content (AvgIpc) is 1.63. The fraction of sp³-hybridized carbons (Fsp3) is 0.391. The van der Waals surface area contributed by atoms with Crippen LogP contribution in [0.4, 0.5) is 0 Å². The van der Waals surface area contributed by atoms with E-state index in [9.17, 15) is 38.4 Å². The van der Waals surface area contributed by atoms with E-state index in [1.807, 2.05) is 149 Å². The lowest BCUT2D eigenvalue weighted by Crippen LogP contribution is -2.26. The van der Waals surface area contributed by atoms with Gasteiger partial charge in [-0.25, -0.2) is 0 Å². The zero-order chi connectivity index (χ0) is 78.0. The van der Waals surface area contributed by atoms with Crippen LogP contribution in [0.3, 0.4) is 0 Å². The normalized spacial score (nSPS) is 11.4. The fourth-order valence-corrected chi connectivity index (χ4v) is 14.6. The first-order valence-electron chi connectivity index (χ1n) is 39.3. The van der Waals surface area contributed by atoms with Crippen molar-refractivity contribution in [1.29, 1.82) is 0 Å². The summed E-state index contributed by atoms with van der Waals surface area (Å²) in [4.78, 5) is 101. The number of nitrogens with one attached hydrogen (secondary N) is 2. The van der Waals surface area contributed by atoms with Gasteiger partial charge in [-0.1, -0.05) is 76.2 Å². The van der Waals surface area contributed by atoms with Crippen LogP contribution in [0, 0.1) is 0 Å². The number of benzene rings is 8. The number of fused-ring (bicyclic) bond motifs is 12. The Balaban J connectivity index is 0.000000183. The molecule has 0 fully saturated rings. The molecule has 12 rings (SSSR count). The van der Waals surface area contributed by atoms with E-state index in [2.05, 4.69) is 111 Å². The highest BCUT2D eigenvalue weighted by Gasteiger charge is 2.21. The van der Waals surface area contributed by atoms with Crippen molar-refractivity contribution in [2.75, 3.05) is 58.9 Å². The number of ketones is 8. The Morgan fingerprint density at radius 2 is 0.550 bits per heavy atom. The topological polar surface area (TPSA) is 187 Å². The number of halogens is 1. The number of carbonyl (C=O) groups is 8. The minimum Gasteiger partial charge on any atom is -0.339 e. The van der Waals surface area contributed by atoms with Gasteiger partial charge in [-0.2, -0.15) is 0 Å². The first-order chi connectivity index (χ1) is 52.0. The standard InChI is InChI=1S/C26H34N2O2.C24H30N2O2.2C21H24N2O2.ClH/c1-5-9-25(29)19-11-13-23-21(17-19)22-18-20(26(30)10-6-2)12-14-24(22)28(23)16-15-27(7-3)8-4;1-5-23(27)17-9-11-21-19(15-17)20-16-18(24(28)6-2)10-12-22(20)26(21)14-13-25(7-3)8-4;1-13(2)22-9-10-23-20-7-5-16(14(3)24)11-18(20)19-12-17(15(4)25)6-8-21(19)23;1-4-9-22-10-11-23-20-7-5-16(14(2)24)12-18(20)19-13-17(15(3)25)6-8-21(19)23;/h11-14,17-18H,5-10,15-16H2,1-4H3;9-12,15-16H,5-8,13-14H2,1-4H3;5-8,11-13,22H,9-10H2,1-4H3;5-8,12-13,22H,4,9-11H2,1-3H3;1H. The third-order valence-electron chi connectivity index (χ3n) is 20.9. The zero-order valence-electron chi connectivity index (χ0n) is 66.9. The molecule has 16 nitrogen and oxygen atoms in total. The molecule has 0 aliphatic heterocycles. The molecule has 0 aliphatic carbocycles. The lowest BCUT2D eigenvalue weighted by Gasteiger charge is -2.19.